The van der Waals surface area contributed by atoms with Crippen molar-refractivity contribution in [2.24, 2.45) is 0 Å². The van der Waals surface area contributed by atoms with E-state index in [1.165, 1.54) is 0 Å². The molecule has 0 amide bonds. The van der Waals surface area contributed by atoms with Gasteiger partial charge in [0.05, 0.1) is 12.7 Å². The molecule has 0 aliphatic carbocycles. The molecule has 0 aromatic heterocycles. The minimum Gasteiger partial charge on any atom is -0.388 e. The third kappa shape index (κ3) is 6.41. The third-order valence-electron chi connectivity index (χ3n) is 3.03. The third-order valence-corrected chi connectivity index (χ3v) is 3.03. The summed E-state index contributed by atoms with van der Waals surface area (Å²) in [6.45, 7) is 0.940. The monoisotopic (exact) mass is 292 g/mol. The lowest BCUT2D eigenvalue weighted by Crippen LogP contribution is -2.00. The average Bonchev–Trinajstić information content (AvgIpc) is 2.58. The molecule has 2 rings (SSSR count). The summed E-state index contributed by atoms with van der Waals surface area (Å²) in [7, 11) is 0. The molecule has 2 heteroatoms. The van der Waals surface area contributed by atoms with Crippen LogP contribution in [0.3, 0.4) is 0 Å². The summed E-state index contributed by atoms with van der Waals surface area (Å²) in [5.74, 6) is 5.85. The van der Waals surface area contributed by atoms with Gasteiger partial charge in [-0.1, -0.05) is 84.7 Å². The fourth-order valence-electron chi connectivity index (χ4n) is 1.88. The van der Waals surface area contributed by atoms with E-state index in [9.17, 15) is 5.11 Å². The second-order valence-electron chi connectivity index (χ2n) is 4.87. The topological polar surface area (TPSA) is 29.5 Å². The molecule has 0 radical (unpaired) electrons. The van der Waals surface area contributed by atoms with Gasteiger partial charge in [0.1, 0.15) is 6.61 Å². The van der Waals surface area contributed by atoms with Crippen LogP contribution in [0.5, 0.6) is 0 Å². The van der Waals surface area contributed by atoms with Gasteiger partial charge in [0.15, 0.2) is 0 Å². The Balaban J connectivity index is 1.64. The van der Waals surface area contributed by atoms with E-state index in [0.29, 0.717) is 19.6 Å². The van der Waals surface area contributed by atoms with Crippen LogP contribution in [0.4, 0.5) is 0 Å². The summed E-state index contributed by atoms with van der Waals surface area (Å²) in [6, 6.07) is 19.9. The molecule has 112 valence electrons. The van der Waals surface area contributed by atoms with Crippen molar-refractivity contribution in [3.05, 3.63) is 77.9 Å². The number of hydrogen-bond donors (Lipinski definition) is 1. The Morgan fingerprint density at radius 3 is 2.36 bits per heavy atom. The molecule has 1 N–H and O–H groups in total. The summed E-state index contributed by atoms with van der Waals surface area (Å²) in [4.78, 5) is 0. The number of aliphatic hydroxyl groups is 1. The molecule has 0 spiro atoms. The zero-order chi connectivity index (χ0) is 15.5. The molecule has 0 aliphatic rings. The van der Waals surface area contributed by atoms with Crippen LogP contribution in [0.15, 0.2) is 66.7 Å². The Morgan fingerprint density at radius 2 is 1.64 bits per heavy atom. The predicted octanol–water partition coefficient (Wildman–Crippen LogP) is 3.67. The summed E-state index contributed by atoms with van der Waals surface area (Å²) in [6.07, 6.45) is 3.52. The molecule has 2 aromatic rings. The van der Waals surface area contributed by atoms with Gasteiger partial charge in [-0.05, 0) is 11.1 Å². The molecule has 2 nitrogen and oxygen atoms in total. The summed E-state index contributed by atoms with van der Waals surface area (Å²) in [5.41, 5.74) is 2.20. The molecular weight excluding hydrogens is 272 g/mol. The van der Waals surface area contributed by atoms with Gasteiger partial charge in [-0.15, -0.1) is 0 Å². The highest BCUT2D eigenvalue weighted by atomic mass is 16.5. The van der Waals surface area contributed by atoms with E-state index >= 15 is 0 Å². The van der Waals surface area contributed by atoms with E-state index in [2.05, 4.69) is 11.8 Å². The Bertz CT molecular complexity index is 621. The first kappa shape index (κ1) is 16.0. The molecule has 0 heterocycles. The number of rotatable bonds is 6. The first-order chi connectivity index (χ1) is 10.8. The van der Waals surface area contributed by atoms with E-state index in [-0.39, 0.29) is 0 Å². The minimum absolute atomic E-state index is 0.379. The minimum atomic E-state index is -0.554. The van der Waals surface area contributed by atoms with Gasteiger partial charge in [0.25, 0.3) is 0 Å². The van der Waals surface area contributed by atoms with E-state index < -0.39 is 6.10 Å². The lowest BCUT2D eigenvalue weighted by atomic mass is 10.1. The van der Waals surface area contributed by atoms with Gasteiger partial charge in [0, 0.05) is 6.42 Å². The molecule has 0 aliphatic heterocycles. The Morgan fingerprint density at radius 1 is 0.955 bits per heavy atom. The maximum absolute atomic E-state index is 9.81. The largest absolute Gasteiger partial charge is 0.388 e. The van der Waals surface area contributed by atoms with Crippen LogP contribution in [0, 0.1) is 11.8 Å². The summed E-state index contributed by atoms with van der Waals surface area (Å²) >= 11 is 0. The number of ether oxygens (including phenoxy) is 1. The van der Waals surface area contributed by atoms with Crippen molar-refractivity contribution >= 4 is 6.08 Å². The van der Waals surface area contributed by atoms with Gasteiger partial charge in [-0.2, -0.15) is 0 Å². The molecule has 1 atom stereocenters. The molecule has 2 aromatic carbocycles. The maximum Gasteiger partial charge on any atom is 0.108 e. The molecule has 1 unspecified atom stereocenters. The van der Waals surface area contributed by atoms with Crippen molar-refractivity contribution in [1.29, 1.82) is 0 Å². The van der Waals surface area contributed by atoms with Gasteiger partial charge in [-0.25, -0.2) is 0 Å². The molecule has 0 bridgehead atoms. The standard InChI is InChI=1S/C20H20O2/c21-20(15-14-18-9-3-1-4-10-18)13-7-8-16-22-17-19-11-5-2-6-12-19/h1-6,9-12,14-15,20-21H,13,16-17H2/b15-14+. The zero-order valence-corrected chi connectivity index (χ0v) is 12.5. The summed E-state index contributed by atoms with van der Waals surface area (Å²) in [5, 5.41) is 9.81. The molecule has 0 saturated carbocycles. The van der Waals surface area contributed by atoms with Crippen LogP contribution < -0.4 is 0 Å². The van der Waals surface area contributed by atoms with Gasteiger partial charge < -0.3 is 9.84 Å². The highest BCUT2D eigenvalue weighted by Gasteiger charge is 1.95. The SMILES string of the molecule is OC(/C=C/c1ccccc1)CC#CCOCc1ccccc1. The quantitative estimate of drug-likeness (QED) is 0.650. The van der Waals surface area contributed by atoms with Crippen LogP contribution >= 0.6 is 0 Å². The first-order valence-corrected chi connectivity index (χ1v) is 7.33. The summed E-state index contributed by atoms with van der Waals surface area (Å²) < 4.78 is 5.46. The number of aliphatic hydroxyl groups excluding tert-OH is 1. The van der Waals surface area contributed by atoms with Gasteiger partial charge in [-0.3, -0.25) is 0 Å². The highest BCUT2D eigenvalue weighted by Crippen LogP contribution is 2.03. The van der Waals surface area contributed by atoms with Crippen LogP contribution in [0.25, 0.3) is 6.08 Å². The Kier molecular flexibility index (Phi) is 6.98. The lowest BCUT2D eigenvalue weighted by Gasteiger charge is -2.00. The van der Waals surface area contributed by atoms with Crippen LogP contribution in [0.2, 0.25) is 0 Å². The van der Waals surface area contributed by atoms with E-state index in [1.807, 2.05) is 66.7 Å². The number of hydrogen-bond acceptors (Lipinski definition) is 2. The molecule has 0 saturated heterocycles. The van der Waals surface area contributed by atoms with Gasteiger partial charge >= 0.3 is 0 Å². The Labute approximate surface area is 132 Å². The van der Waals surface area contributed by atoms with E-state index in [4.69, 9.17) is 4.74 Å². The smallest absolute Gasteiger partial charge is 0.108 e. The zero-order valence-electron chi connectivity index (χ0n) is 12.5. The fraction of sp³-hybridized carbons (Fsp3) is 0.200. The van der Waals surface area contributed by atoms with Crippen molar-refractivity contribution in [1.82, 2.24) is 0 Å². The second kappa shape index (κ2) is 9.57. The van der Waals surface area contributed by atoms with E-state index in [0.717, 1.165) is 11.1 Å². The van der Waals surface area contributed by atoms with Gasteiger partial charge in [0.2, 0.25) is 0 Å². The highest BCUT2D eigenvalue weighted by molar-refractivity contribution is 5.49. The van der Waals surface area contributed by atoms with Crippen LogP contribution in [0.1, 0.15) is 17.5 Å². The maximum atomic E-state index is 9.81. The normalized spacial score (nSPS) is 11.9. The average molecular weight is 292 g/mol. The van der Waals surface area contributed by atoms with Crippen LogP contribution in [-0.4, -0.2) is 17.8 Å². The first-order valence-electron chi connectivity index (χ1n) is 7.33. The van der Waals surface area contributed by atoms with Crippen molar-refractivity contribution < 1.29 is 9.84 Å². The lowest BCUT2D eigenvalue weighted by molar-refractivity contribution is 0.153. The fourth-order valence-corrected chi connectivity index (χ4v) is 1.88. The molecular formula is C20H20O2. The Hall–Kier alpha value is -2.34. The number of benzene rings is 2. The molecule has 0 fully saturated rings. The van der Waals surface area contributed by atoms with Crippen molar-refractivity contribution in [3.8, 4) is 11.8 Å². The van der Waals surface area contributed by atoms with Crippen molar-refractivity contribution in [3.63, 3.8) is 0 Å². The predicted molar refractivity (Wildman–Crippen MR) is 90.0 cm³/mol. The van der Waals surface area contributed by atoms with Crippen molar-refractivity contribution in [2.75, 3.05) is 6.61 Å². The van der Waals surface area contributed by atoms with E-state index in [1.54, 1.807) is 6.08 Å². The molecule has 22 heavy (non-hydrogen) atoms. The second-order valence-corrected chi connectivity index (χ2v) is 4.87. The van der Waals surface area contributed by atoms with Crippen LogP contribution in [-0.2, 0) is 11.3 Å². The van der Waals surface area contributed by atoms with Crippen molar-refractivity contribution in [2.45, 2.75) is 19.1 Å².